The summed E-state index contributed by atoms with van der Waals surface area (Å²) < 4.78 is 5.85. The molecule has 174 valence electrons. The minimum atomic E-state index is -0.120. The fraction of sp³-hybridized carbons (Fsp3) is 0.522. The second kappa shape index (κ2) is 10.9. The van der Waals surface area contributed by atoms with Crippen LogP contribution in [0.2, 0.25) is 5.02 Å². The van der Waals surface area contributed by atoms with Gasteiger partial charge in [-0.05, 0) is 49.8 Å². The van der Waals surface area contributed by atoms with Gasteiger partial charge >= 0.3 is 0 Å². The van der Waals surface area contributed by atoms with E-state index in [0.29, 0.717) is 37.0 Å². The Morgan fingerprint density at radius 1 is 1.22 bits per heavy atom. The maximum atomic E-state index is 12.7. The van der Waals surface area contributed by atoms with Crippen molar-refractivity contribution in [3.63, 3.8) is 0 Å². The topological polar surface area (TPSA) is 83.0 Å². The first-order chi connectivity index (χ1) is 15.0. The lowest BCUT2D eigenvalue weighted by Gasteiger charge is -2.19. The fourth-order valence-electron chi connectivity index (χ4n) is 4.90. The van der Waals surface area contributed by atoms with Gasteiger partial charge in [0.25, 0.3) is 0 Å². The minimum absolute atomic E-state index is 0. The average molecular weight is 573 g/mol. The molecule has 1 saturated heterocycles. The SMILES string of the molecule is CN=C(NCCCN1C(=O)C2C3C=CC(C3)C2C1=O)NCC(C)Oc1cccc(Cl)c1.I. The van der Waals surface area contributed by atoms with Gasteiger partial charge in [0, 0.05) is 25.2 Å². The van der Waals surface area contributed by atoms with Gasteiger partial charge in [-0.25, -0.2) is 0 Å². The first kappa shape index (κ1) is 24.8. The van der Waals surface area contributed by atoms with Crippen LogP contribution in [0.4, 0.5) is 0 Å². The molecule has 2 fully saturated rings. The van der Waals surface area contributed by atoms with E-state index in [2.05, 4.69) is 27.8 Å². The van der Waals surface area contributed by atoms with E-state index >= 15 is 0 Å². The highest BCUT2D eigenvalue weighted by atomic mass is 127. The third-order valence-electron chi connectivity index (χ3n) is 6.33. The lowest BCUT2D eigenvalue weighted by molar-refractivity contribution is -0.140. The number of ether oxygens (including phenoxy) is 1. The van der Waals surface area contributed by atoms with Gasteiger partial charge in [-0.15, -0.1) is 24.0 Å². The zero-order valence-corrected chi connectivity index (χ0v) is 21.4. The molecule has 7 nitrogen and oxygen atoms in total. The monoisotopic (exact) mass is 572 g/mol. The van der Waals surface area contributed by atoms with Crippen LogP contribution in [0.15, 0.2) is 41.4 Å². The molecule has 2 N–H and O–H groups in total. The third kappa shape index (κ3) is 5.22. The van der Waals surface area contributed by atoms with Crippen molar-refractivity contribution in [1.82, 2.24) is 15.5 Å². The molecule has 4 rings (SSSR count). The van der Waals surface area contributed by atoms with Crippen LogP contribution in [0, 0.1) is 23.7 Å². The highest BCUT2D eigenvalue weighted by molar-refractivity contribution is 14.0. The van der Waals surface area contributed by atoms with Crippen molar-refractivity contribution in [3.05, 3.63) is 41.4 Å². The molecular weight excluding hydrogens is 543 g/mol. The van der Waals surface area contributed by atoms with Crippen molar-refractivity contribution in [2.45, 2.75) is 25.9 Å². The number of rotatable bonds is 8. The number of allylic oxidation sites excluding steroid dienone is 2. The normalized spacial score (nSPS) is 26.7. The largest absolute Gasteiger partial charge is 0.489 e. The van der Waals surface area contributed by atoms with Crippen LogP contribution in [0.1, 0.15) is 19.8 Å². The van der Waals surface area contributed by atoms with Crippen LogP contribution >= 0.6 is 35.6 Å². The molecule has 2 aliphatic carbocycles. The van der Waals surface area contributed by atoms with Gasteiger partial charge in [0.1, 0.15) is 11.9 Å². The van der Waals surface area contributed by atoms with Crippen LogP contribution < -0.4 is 15.4 Å². The second-order valence-corrected chi connectivity index (χ2v) is 8.88. The first-order valence-electron chi connectivity index (χ1n) is 10.9. The smallest absolute Gasteiger partial charge is 0.233 e. The highest BCUT2D eigenvalue weighted by Gasteiger charge is 2.58. The van der Waals surface area contributed by atoms with Crippen molar-refractivity contribution in [3.8, 4) is 5.75 Å². The zero-order chi connectivity index (χ0) is 22.0. The molecule has 1 aromatic rings. The van der Waals surface area contributed by atoms with Crippen molar-refractivity contribution in [2.75, 3.05) is 26.7 Å². The molecule has 1 aliphatic heterocycles. The molecule has 3 aliphatic rings. The van der Waals surface area contributed by atoms with Crippen LogP contribution in [-0.2, 0) is 9.59 Å². The molecule has 1 aromatic carbocycles. The molecule has 5 unspecified atom stereocenters. The summed E-state index contributed by atoms with van der Waals surface area (Å²) in [5, 5.41) is 7.10. The first-order valence-corrected chi connectivity index (χ1v) is 11.3. The molecule has 5 atom stereocenters. The Hall–Kier alpha value is -1.81. The highest BCUT2D eigenvalue weighted by Crippen LogP contribution is 2.52. The second-order valence-electron chi connectivity index (χ2n) is 8.45. The molecule has 2 amide bonds. The van der Waals surface area contributed by atoms with Gasteiger partial charge in [-0.3, -0.25) is 19.5 Å². The Morgan fingerprint density at radius 3 is 2.53 bits per heavy atom. The quantitative estimate of drug-likeness (QED) is 0.125. The molecular formula is C23H30ClIN4O3. The summed E-state index contributed by atoms with van der Waals surface area (Å²) in [6.07, 6.45) is 5.79. The van der Waals surface area contributed by atoms with E-state index in [9.17, 15) is 9.59 Å². The number of halogens is 2. The molecule has 0 spiro atoms. The lowest BCUT2D eigenvalue weighted by Crippen LogP contribution is -2.43. The van der Waals surface area contributed by atoms with E-state index in [1.54, 1.807) is 19.2 Å². The average Bonchev–Trinajstić information content (AvgIpc) is 3.42. The minimum Gasteiger partial charge on any atom is -0.489 e. The number of fused-ring (bicyclic) bond motifs is 5. The predicted molar refractivity (Wildman–Crippen MR) is 135 cm³/mol. The van der Waals surface area contributed by atoms with Gasteiger partial charge < -0.3 is 15.4 Å². The maximum Gasteiger partial charge on any atom is 0.233 e. The number of likely N-dealkylation sites (tertiary alicyclic amines) is 1. The summed E-state index contributed by atoms with van der Waals surface area (Å²) in [6.45, 7) is 3.59. The van der Waals surface area contributed by atoms with E-state index in [1.165, 1.54) is 4.90 Å². The predicted octanol–water partition coefficient (Wildman–Crippen LogP) is 3.09. The van der Waals surface area contributed by atoms with Crippen LogP contribution in [0.3, 0.4) is 0 Å². The number of carbonyl (C=O) groups excluding carboxylic acids is 2. The van der Waals surface area contributed by atoms with Crippen molar-refractivity contribution < 1.29 is 14.3 Å². The van der Waals surface area contributed by atoms with E-state index in [4.69, 9.17) is 16.3 Å². The summed E-state index contributed by atoms with van der Waals surface area (Å²) in [4.78, 5) is 31.1. The van der Waals surface area contributed by atoms with Gasteiger partial charge in [0.2, 0.25) is 11.8 Å². The van der Waals surface area contributed by atoms with Gasteiger partial charge in [-0.1, -0.05) is 29.8 Å². The number of aliphatic imine (C=N–C) groups is 1. The fourth-order valence-corrected chi connectivity index (χ4v) is 5.08. The third-order valence-corrected chi connectivity index (χ3v) is 6.56. The molecule has 1 saturated carbocycles. The van der Waals surface area contributed by atoms with Gasteiger partial charge in [0.05, 0.1) is 18.4 Å². The molecule has 1 heterocycles. The number of carbonyl (C=O) groups is 2. The summed E-state index contributed by atoms with van der Waals surface area (Å²) in [6, 6.07) is 7.30. The summed E-state index contributed by atoms with van der Waals surface area (Å²) in [5.41, 5.74) is 0. The number of hydrogen-bond donors (Lipinski definition) is 2. The number of guanidine groups is 1. The Bertz CT molecular complexity index is 879. The number of amides is 2. The number of nitrogens with zero attached hydrogens (tertiary/aromatic N) is 2. The number of nitrogens with one attached hydrogen (secondary N) is 2. The summed E-state index contributed by atoms with van der Waals surface area (Å²) >= 11 is 5.99. The number of hydrogen-bond acceptors (Lipinski definition) is 4. The van der Waals surface area contributed by atoms with Crippen molar-refractivity contribution in [2.24, 2.45) is 28.7 Å². The van der Waals surface area contributed by atoms with E-state index in [0.717, 1.165) is 12.2 Å². The van der Waals surface area contributed by atoms with Crippen LogP contribution in [0.25, 0.3) is 0 Å². The Labute approximate surface area is 211 Å². The summed E-state index contributed by atoms with van der Waals surface area (Å²) in [7, 11) is 1.70. The van der Waals surface area contributed by atoms with Gasteiger partial charge in [-0.2, -0.15) is 0 Å². The lowest BCUT2D eigenvalue weighted by atomic mass is 9.85. The van der Waals surface area contributed by atoms with Gasteiger partial charge in [0.15, 0.2) is 5.96 Å². The van der Waals surface area contributed by atoms with Crippen LogP contribution in [0.5, 0.6) is 5.75 Å². The maximum absolute atomic E-state index is 12.7. The number of benzene rings is 1. The Kier molecular flexibility index (Phi) is 8.43. The molecule has 0 aromatic heterocycles. The Morgan fingerprint density at radius 2 is 1.91 bits per heavy atom. The van der Waals surface area contributed by atoms with E-state index in [1.807, 2.05) is 19.1 Å². The molecule has 9 heteroatoms. The summed E-state index contributed by atoms with van der Waals surface area (Å²) in [5.74, 6) is 1.68. The van der Waals surface area contributed by atoms with Crippen LogP contribution in [-0.4, -0.2) is 55.5 Å². The zero-order valence-electron chi connectivity index (χ0n) is 18.3. The molecule has 0 radical (unpaired) electrons. The van der Waals surface area contributed by atoms with Crippen molar-refractivity contribution >= 4 is 53.4 Å². The molecule has 32 heavy (non-hydrogen) atoms. The van der Waals surface area contributed by atoms with E-state index in [-0.39, 0.29) is 65.6 Å². The Balaban J connectivity index is 0.00000289. The van der Waals surface area contributed by atoms with Crippen molar-refractivity contribution in [1.29, 1.82) is 0 Å². The number of imide groups is 1. The standard InChI is InChI=1S/C23H29ClN4O3.HI/c1-14(31-18-6-3-5-17(24)12-18)13-27-23(25-2)26-9-4-10-28-21(29)19-15-7-8-16(11-15)20(19)22(28)30;/h3,5-8,12,14-16,19-20H,4,9-11,13H2,1-2H3,(H2,25,26,27);1H. The van der Waals surface area contributed by atoms with E-state index < -0.39 is 0 Å². The molecule has 2 bridgehead atoms.